The van der Waals surface area contributed by atoms with E-state index in [9.17, 15) is 9.18 Å². The van der Waals surface area contributed by atoms with E-state index in [1.807, 2.05) is 6.07 Å². The summed E-state index contributed by atoms with van der Waals surface area (Å²) < 4.78 is 17.8. The fourth-order valence-electron chi connectivity index (χ4n) is 0.949. The van der Waals surface area contributed by atoms with Crippen molar-refractivity contribution >= 4 is 5.97 Å². The summed E-state index contributed by atoms with van der Waals surface area (Å²) in [5.74, 6) is -0.460. The van der Waals surface area contributed by atoms with Crippen LogP contribution >= 0.6 is 0 Å². The Balaban J connectivity index is 2.49. The predicted molar refractivity (Wildman–Crippen MR) is 46.9 cm³/mol. The third-order valence-corrected chi connectivity index (χ3v) is 1.59. The van der Waals surface area contributed by atoms with Crippen LogP contribution in [0.3, 0.4) is 0 Å². The Hall–Kier alpha value is -1.38. The number of halogens is 1. The number of alkyl halides is 1. The summed E-state index contributed by atoms with van der Waals surface area (Å²) in [5.41, 5.74) is 0.531. The van der Waals surface area contributed by atoms with Crippen LogP contribution in [-0.2, 0) is 9.53 Å². The summed E-state index contributed by atoms with van der Waals surface area (Å²) in [4.78, 5) is 10.4. The highest BCUT2D eigenvalue weighted by Gasteiger charge is 2.09. The van der Waals surface area contributed by atoms with E-state index in [0.29, 0.717) is 5.56 Å². The number of esters is 1. The lowest BCUT2D eigenvalue weighted by molar-refractivity contribution is -0.142. The molecule has 0 bridgehead atoms. The van der Waals surface area contributed by atoms with Gasteiger partial charge in [0.2, 0.25) is 0 Å². The second kappa shape index (κ2) is 4.60. The van der Waals surface area contributed by atoms with Crippen LogP contribution in [-0.4, -0.2) is 12.6 Å². The Labute approximate surface area is 76.3 Å². The molecule has 0 unspecified atom stereocenters. The van der Waals surface area contributed by atoms with Crippen molar-refractivity contribution in [3.8, 4) is 0 Å². The van der Waals surface area contributed by atoms with E-state index in [1.165, 1.54) is 6.92 Å². The third kappa shape index (κ3) is 3.23. The van der Waals surface area contributed by atoms with E-state index in [0.717, 1.165) is 0 Å². The number of rotatable bonds is 3. The molecule has 0 aliphatic rings. The van der Waals surface area contributed by atoms with Crippen molar-refractivity contribution in [2.75, 3.05) is 6.61 Å². The first kappa shape index (κ1) is 9.71. The van der Waals surface area contributed by atoms with Gasteiger partial charge < -0.3 is 4.74 Å². The summed E-state index contributed by atoms with van der Waals surface area (Å²) in [6, 6.07) is 8.62. The topological polar surface area (TPSA) is 26.3 Å². The van der Waals surface area contributed by atoms with Gasteiger partial charge in [-0.05, 0) is 5.56 Å². The average Bonchev–Trinajstić information content (AvgIpc) is 2.15. The first-order valence-corrected chi connectivity index (χ1v) is 4.02. The van der Waals surface area contributed by atoms with Gasteiger partial charge in [-0.1, -0.05) is 30.3 Å². The lowest BCUT2D eigenvalue weighted by Gasteiger charge is -2.07. The van der Waals surface area contributed by atoms with Gasteiger partial charge in [-0.2, -0.15) is 0 Å². The number of carbonyl (C=O) groups is 1. The van der Waals surface area contributed by atoms with Crippen LogP contribution in [0.1, 0.15) is 18.7 Å². The van der Waals surface area contributed by atoms with Crippen LogP contribution in [0, 0.1) is 0 Å². The van der Waals surface area contributed by atoms with E-state index in [2.05, 4.69) is 4.74 Å². The van der Waals surface area contributed by atoms with Crippen LogP contribution in [0.15, 0.2) is 30.3 Å². The molecule has 1 aromatic carbocycles. The largest absolute Gasteiger partial charge is 0.462 e. The average molecular weight is 182 g/mol. The molecular weight excluding hydrogens is 171 g/mol. The molecule has 1 atom stereocenters. The highest BCUT2D eigenvalue weighted by Crippen LogP contribution is 2.16. The molecule has 0 aromatic heterocycles. The molecule has 0 fully saturated rings. The monoisotopic (exact) mass is 182 g/mol. The summed E-state index contributed by atoms with van der Waals surface area (Å²) >= 11 is 0. The lowest BCUT2D eigenvalue weighted by Crippen LogP contribution is -2.06. The third-order valence-electron chi connectivity index (χ3n) is 1.59. The molecule has 0 saturated carbocycles. The molecule has 0 saturated heterocycles. The Morgan fingerprint density at radius 1 is 1.46 bits per heavy atom. The molecule has 0 aliphatic carbocycles. The fraction of sp³-hybridized carbons (Fsp3) is 0.300. The van der Waals surface area contributed by atoms with E-state index < -0.39 is 12.1 Å². The number of benzene rings is 1. The minimum absolute atomic E-state index is 0.209. The van der Waals surface area contributed by atoms with Crippen molar-refractivity contribution in [3.05, 3.63) is 35.9 Å². The van der Waals surface area contributed by atoms with E-state index in [-0.39, 0.29) is 6.61 Å². The summed E-state index contributed by atoms with van der Waals surface area (Å²) in [5, 5.41) is 0. The molecule has 0 amide bonds. The van der Waals surface area contributed by atoms with Crippen LogP contribution in [0.4, 0.5) is 4.39 Å². The summed E-state index contributed by atoms with van der Waals surface area (Å²) in [7, 11) is 0. The molecule has 0 spiro atoms. The van der Waals surface area contributed by atoms with Gasteiger partial charge in [0.25, 0.3) is 0 Å². The first-order valence-electron chi connectivity index (χ1n) is 4.02. The molecule has 13 heavy (non-hydrogen) atoms. The molecule has 0 heterocycles. The Bertz CT molecular complexity index is 272. The van der Waals surface area contributed by atoms with E-state index >= 15 is 0 Å². The van der Waals surface area contributed by atoms with Crippen LogP contribution < -0.4 is 0 Å². The highest BCUT2D eigenvalue weighted by molar-refractivity contribution is 5.65. The van der Waals surface area contributed by atoms with Gasteiger partial charge in [0, 0.05) is 6.92 Å². The van der Waals surface area contributed by atoms with Crippen molar-refractivity contribution in [1.29, 1.82) is 0 Å². The Morgan fingerprint density at radius 2 is 2.08 bits per heavy atom. The van der Waals surface area contributed by atoms with Crippen LogP contribution in [0.5, 0.6) is 0 Å². The normalized spacial score (nSPS) is 12.2. The zero-order valence-electron chi connectivity index (χ0n) is 7.37. The van der Waals surface area contributed by atoms with Crippen molar-refractivity contribution in [2.45, 2.75) is 13.1 Å². The second-order valence-corrected chi connectivity index (χ2v) is 2.68. The quantitative estimate of drug-likeness (QED) is 0.670. The number of hydrogen-bond acceptors (Lipinski definition) is 2. The standard InChI is InChI=1S/C10H11FO2/c1-8(12)13-7-10(11)9-5-3-2-4-6-9/h2-6,10H,7H2,1H3/t10-/m0/s1. The highest BCUT2D eigenvalue weighted by atomic mass is 19.1. The molecule has 1 rings (SSSR count). The van der Waals surface area contributed by atoms with Gasteiger partial charge in [0.1, 0.15) is 6.61 Å². The van der Waals surface area contributed by atoms with Gasteiger partial charge in [0.05, 0.1) is 0 Å². The Kier molecular flexibility index (Phi) is 3.43. The minimum Gasteiger partial charge on any atom is -0.462 e. The van der Waals surface area contributed by atoms with Gasteiger partial charge in [0.15, 0.2) is 6.17 Å². The lowest BCUT2D eigenvalue weighted by atomic mass is 10.1. The Morgan fingerprint density at radius 3 is 2.62 bits per heavy atom. The molecule has 70 valence electrons. The van der Waals surface area contributed by atoms with Crippen LogP contribution in [0.2, 0.25) is 0 Å². The fourth-order valence-corrected chi connectivity index (χ4v) is 0.949. The molecule has 3 heteroatoms. The van der Waals surface area contributed by atoms with Gasteiger partial charge in [-0.25, -0.2) is 4.39 Å². The molecule has 0 aliphatic heterocycles. The van der Waals surface area contributed by atoms with Crippen molar-refractivity contribution < 1.29 is 13.9 Å². The van der Waals surface area contributed by atoms with Crippen molar-refractivity contribution in [1.82, 2.24) is 0 Å². The maximum atomic E-state index is 13.2. The first-order chi connectivity index (χ1) is 6.20. The maximum absolute atomic E-state index is 13.2. The maximum Gasteiger partial charge on any atom is 0.302 e. The summed E-state index contributed by atoms with van der Waals surface area (Å²) in [6.45, 7) is 1.05. The second-order valence-electron chi connectivity index (χ2n) is 2.68. The minimum atomic E-state index is -1.23. The summed E-state index contributed by atoms with van der Waals surface area (Å²) in [6.07, 6.45) is -1.23. The zero-order valence-corrected chi connectivity index (χ0v) is 7.37. The van der Waals surface area contributed by atoms with E-state index in [1.54, 1.807) is 24.3 Å². The molecule has 0 N–H and O–H groups in total. The number of ether oxygens (including phenoxy) is 1. The number of carbonyl (C=O) groups excluding carboxylic acids is 1. The van der Waals surface area contributed by atoms with Crippen molar-refractivity contribution in [2.24, 2.45) is 0 Å². The molecule has 0 radical (unpaired) electrons. The van der Waals surface area contributed by atoms with Crippen molar-refractivity contribution in [3.63, 3.8) is 0 Å². The van der Waals surface area contributed by atoms with E-state index in [4.69, 9.17) is 0 Å². The van der Waals surface area contributed by atoms with Crippen LogP contribution in [0.25, 0.3) is 0 Å². The molecule has 1 aromatic rings. The van der Waals surface area contributed by atoms with Gasteiger partial charge in [-0.3, -0.25) is 4.79 Å². The zero-order chi connectivity index (χ0) is 9.68. The SMILES string of the molecule is CC(=O)OC[C@H](F)c1ccccc1. The molecular formula is C10H11FO2. The molecule has 2 nitrogen and oxygen atoms in total. The van der Waals surface area contributed by atoms with Gasteiger partial charge in [-0.15, -0.1) is 0 Å². The predicted octanol–water partition coefficient (Wildman–Crippen LogP) is 2.26. The van der Waals surface area contributed by atoms with Gasteiger partial charge >= 0.3 is 5.97 Å². The number of hydrogen-bond donors (Lipinski definition) is 0. The smallest absolute Gasteiger partial charge is 0.302 e.